The number of ether oxygens (including phenoxy) is 2. The number of benzene rings is 2. The molecule has 61 heavy (non-hydrogen) atoms. The van der Waals surface area contributed by atoms with Crippen LogP contribution in [0, 0.1) is 35.5 Å². The van der Waals surface area contributed by atoms with Crippen molar-refractivity contribution in [3.05, 3.63) is 107 Å². The van der Waals surface area contributed by atoms with Crippen LogP contribution in [-0.4, -0.2) is 85.8 Å². The quantitative estimate of drug-likeness (QED) is 0.146. The lowest BCUT2D eigenvalue weighted by Crippen LogP contribution is -2.43. The number of H-pyrrole nitrogens is 2. The number of hydrogen-bond acceptors (Lipinski definition) is 8. The standard InChI is InChI=1S/C47H50N8O6/c56-40(25-30-19-20-30)52-41(31-11-3-1-4-12-31)46(58)55-24-10-18-38(55)44-49-27-36(51-44)39-29-60-35(28-61-39)16-8-7-15-34-26-48-43(50-34)37-17-9-23-54(37)47(59)42(32-13-5-2-6-14-32)53-45(57)33-21-22-33/h1-6,11-14,26-27,30,33,35,37-39,41-42H,9-10,17-25,28-29H2,(H,48,50)(H,49,51)(H,52,56)(H,53,57)/t35?,37-,38-,39?,41+,42+/m1/s1. The lowest BCUT2D eigenvalue weighted by Gasteiger charge is -2.29. The van der Waals surface area contributed by atoms with Crippen LogP contribution in [0.2, 0.25) is 0 Å². The number of rotatable bonds is 12. The van der Waals surface area contributed by atoms with Gasteiger partial charge in [-0.25, -0.2) is 9.97 Å². The Kier molecular flexibility index (Phi) is 12.0. The fourth-order valence-corrected chi connectivity index (χ4v) is 8.47. The van der Waals surface area contributed by atoms with Gasteiger partial charge >= 0.3 is 0 Å². The van der Waals surface area contributed by atoms with E-state index in [2.05, 4.69) is 54.3 Å². The van der Waals surface area contributed by atoms with Gasteiger partial charge in [-0.05, 0) is 86.2 Å². The average molecular weight is 823 g/mol. The fourth-order valence-electron chi connectivity index (χ4n) is 8.47. The molecule has 5 aliphatic rings. The van der Waals surface area contributed by atoms with Gasteiger partial charge in [0, 0.05) is 25.4 Å². The summed E-state index contributed by atoms with van der Waals surface area (Å²) >= 11 is 0. The molecule has 2 saturated carbocycles. The zero-order valence-electron chi connectivity index (χ0n) is 34.0. The minimum Gasteiger partial charge on any atom is -0.366 e. The second-order valence-electron chi connectivity index (χ2n) is 16.6. The van der Waals surface area contributed by atoms with Gasteiger partial charge in [0.1, 0.15) is 41.6 Å². The molecule has 2 unspecified atom stereocenters. The van der Waals surface area contributed by atoms with Gasteiger partial charge in [0.15, 0.2) is 0 Å². The van der Waals surface area contributed by atoms with E-state index in [9.17, 15) is 19.2 Å². The third-order valence-electron chi connectivity index (χ3n) is 12.1. The van der Waals surface area contributed by atoms with E-state index in [0.717, 1.165) is 68.2 Å². The van der Waals surface area contributed by atoms with E-state index in [1.165, 1.54) is 0 Å². The van der Waals surface area contributed by atoms with Gasteiger partial charge in [-0.1, -0.05) is 66.6 Å². The SMILES string of the molecule is O=C(CC1CC1)N[C@H](C(=O)N1CCC[C@@H]1c1ncc(C2COC(C#CC#Cc3cnc([C@H]4CCCN4C(=O)[C@@H](NC(=O)C4CC4)c4ccccc4)[nH]3)CO2)[nH]1)c1ccccc1. The molecule has 9 rings (SSSR count). The zero-order valence-corrected chi connectivity index (χ0v) is 34.0. The molecule has 4 amide bonds. The summed E-state index contributed by atoms with van der Waals surface area (Å²) in [5.74, 6) is 13.1. The van der Waals surface area contributed by atoms with Gasteiger partial charge < -0.3 is 39.9 Å². The number of carbonyl (C=O) groups excluding carboxylic acids is 4. The van der Waals surface area contributed by atoms with Crippen LogP contribution < -0.4 is 10.6 Å². The Labute approximate surface area is 355 Å². The first kappa shape index (κ1) is 40.2. The first-order valence-corrected chi connectivity index (χ1v) is 21.5. The number of likely N-dealkylation sites (tertiary alicyclic amines) is 2. The van der Waals surface area contributed by atoms with Crippen molar-refractivity contribution in [3.63, 3.8) is 0 Å². The first-order valence-electron chi connectivity index (χ1n) is 21.5. The predicted octanol–water partition coefficient (Wildman–Crippen LogP) is 4.90. The van der Waals surface area contributed by atoms with Crippen molar-refractivity contribution in [2.45, 2.75) is 94.2 Å². The van der Waals surface area contributed by atoms with E-state index in [0.29, 0.717) is 42.8 Å². The van der Waals surface area contributed by atoms with E-state index in [1.54, 1.807) is 12.4 Å². The molecule has 3 saturated heterocycles. The minimum absolute atomic E-state index is 0.0131. The molecule has 6 atom stereocenters. The first-order chi connectivity index (χ1) is 29.9. The largest absolute Gasteiger partial charge is 0.366 e. The van der Waals surface area contributed by atoms with Crippen LogP contribution in [0.1, 0.15) is 122 Å². The molecule has 4 N–H and O–H groups in total. The smallest absolute Gasteiger partial charge is 0.250 e. The summed E-state index contributed by atoms with van der Waals surface area (Å²) in [6, 6.07) is 16.8. The maximum absolute atomic E-state index is 14.1. The third-order valence-corrected chi connectivity index (χ3v) is 12.1. The van der Waals surface area contributed by atoms with E-state index < -0.39 is 18.2 Å². The summed E-state index contributed by atoms with van der Waals surface area (Å²) in [6.07, 6.45) is 9.99. The summed E-state index contributed by atoms with van der Waals surface area (Å²) in [4.78, 5) is 73.2. The molecule has 14 nitrogen and oxygen atoms in total. The molecule has 5 fully saturated rings. The van der Waals surface area contributed by atoms with Crippen LogP contribution in [0.25, 0.3) is 0 Å². The predicted molar refractivity (Wildman–Crippen MR) is 222 cm³/mol. The summed E-state index contributed by atoms with van der Waals surface area (Å²) in [6.45, 7) is 1.66. The van der Waals surface area contributed by atoms with Gasteiger partial charge in [-0.2, -0.15) is 0 Å². The molecular weight excluding hydrogens is 773 g/mol. The number of nitrogens with one attached hydrogen (secondary N) is 4. The van der Waals surface area contributed by atoms with E-state index >= 15 is 0 Å². The van der Waals surface area contributed by atoms with Crippen molar-refractivity contribution >= 4 is 23.6 Å². The lowest BCUT2D eigenvalue weighted by atomic mass is 10.0. The Morgan fingerprint density at radius 1 is 0.721 bits per heavy atom. The van der Waals surface area contributed by atoms with Crippen LogP contribution in [0.15, 0.2) is 73.1 Å². The zero-order chi connectivity index (χ0) is 41.7. The second-order valence-corrected chi connectivity index (χ2v) is 16.6. The summed E-state index contributed by atoms with van der Waals surface area (Å²) in [5.41, 5.74) is 2.86. The molecule has 2 aromatic carbocycles. The van der Waals surface area contributed by atoms with Crippen molar-refractivity contribution < 1.29 is 28.7 Å². The fraction of sp³-hybridized carbons (Fsp3) is 0.447. The second kappa shape index (κ2) is 18.2. The number of hydrogen-bond donors (Lipinski definition) is 4. The highest BCUT2D eigenvalue weighted by molar-refractivity contribution is 5.91. The Hall–Kier alpha value is -6.22. The van der Waals surface area contributed by atoms with Gasteiger partial charge in [-0.3, -0.25) is 19.2 Å². The molecule has 0 spiro atoms. The molecule has 14 heteroatoms. The maximum atomic E-state index is 14.1. The highest BCUT2D eigenvalue weighted by atomic mass is 16.6. The molecule has 0 radical (unpaired) electrons. The maximum Gasteiger partial charge on any atom is 0.250 e. The highest BCUT2D eigenvalue weighted by Gasteiger charge is 2.40. The highest BCUT2D eigenvalue weighted by Crippen LogP contribution is 2.37. The van der Waals surface area contributed by atoms with Gasteiger partial charge in [0.25, 0.3) is 0 Å². The summed E-state index contributed by atoms with van der Waals surface area (Å²) in [5, 5.41) is 6.04. The molecule has 5 heterocycles. The van der Waals surface area contributed by atoms with Crippen LogP contribution in [-0.2, 0) is 28.7 Å². The van der Waals surface area contributed by atoms with Crippen LogP contribution in [0.3, 0.4) is 0 Å². The molecular formula is C47H50N8O6. The number of aromatic nitrogens is 4. The number of aromatic amines is 2. The van der Waals surface area contributed by atoms with Gasteiger partial charge in [0.2, 0.25) is 23.6 Å². The molecule has 3 aliphatic heterocycles. The van der Waals surface area contributed by atoms with E-state index in [1.807, 2.05) is 70.5 Å². The molecule has 2 aliphatic carbocycles. The van der Waals surface area contributed by atoms with Crippen molar-refractivity contribution in [3.8, 4) is 23.7 Å². The Bertz CT molecular complexity index is 2340. The summed E-state index contributed by atoms with van der Waals surface area (Å²) in [7, 11) is 0. The van der Waals surface area contributed by atoms with Crippen molar-refractivity contribution in [2.24, 2.45) is 11.8 Å². The van der Waals surface area contributed by atoms with Crippen LogP contribution in [0.5, 0.6) is 0 Å². The number of imidazole rings is 2. The Balaban J connectivity index is 0.782. The van der Waals surface area contributed by atoms with Gasteiger partial charge in [0.05, 0.1) is 43.4 Å². The molecule has 314 valence electrons. The van der Waals surface area contributed by atoms with Crippen LogP contribution >= 0.6 is 0 Å². The normalized spacial score (nSPS) is 23.2. The number of nitrogens with zero attached hydrogens (tertiary/aromatic N) is 4. The van der Waals surface area contributed by atoms with Crippen molar-refractivity contribution in [2.75, 3.05) is 26.3 Å². The Morgan fingerprint density at radius 2 is 1.34 bits per heavy atom. The van der Waals surface area contributed by atoms with E-state index in [-0.39, 0.29) is 60.9 Å². The monoisotopic (exact) mass is 822 g/mol. The van der Waals surface area contributed by atoms with Gasteiger partial charge in [-0.15, -0.1) is 0 Å². The lowest BCUT2D eigenvalue weighted by molar-refractivity contribution is -0.138. The third kappa shape index (κ3) is 9.57. The molecule has 4 aromatic rings. The van der Waals surface area contributed by atoms with Crippen molar-refractivity contribution in [1.29, 1.82) is 0 Å². The Morgan fingerprint density at radius 3 is 1.95 bits per heavy atom. The summed E-state index contributed by atoms with van der Waals surface area (Å²) < 4.78 is 12.2. The number of amides is 4. The topological polar surface area (TPSA) is 175 Å². The molecule has 0 bridgehead atoms. The van der Waals surface area contributed by atoms with Crippen molar-refractivity contribution in [1.82, 2.24) is 40.4 Å². The average Bonchev–Trinajstić information content (AvgIpc) is 4.00. The van der Waals surface area contributed by atoms with Crippen LogP contribution in [0.4, 0.5) is 0 Å². The molecule has 2 aromatic heterocycles. The minimum atomic E-state index is -0.760. The number of carbonyl (C=O) groups is 4. The van der Waals surface area contributed by atoms with E-state index in [4.69, 9.17) is 9.47 Å².